The molecule has 17 heavy (non-hydrogen) atoms. The molecule has 1 aliphatic carbocycles. The van der Waals surface area contributed by atoms with Crippen molar-refractivity contribution in [1.82, 2.24) is 0 Å². The van der Waals surface area contributed by atoms with E-state index in [1.165, 1.54) is 6.92 Å². The molecule has 0 heterocycles. The minimum absolute atomic E-state index is 0.0607. The number of nitriles is 5. The number of rotatable bonds is 0. The van der Waals surface area contributed by atoms with Crippen molar-refractivity contribution in [1.29, 1.82) is 26.3 Å². The largest absolute Gasteiger partial charge is 0.198 e. The van der Waals surface area contributed by atoms with Gasteiger partial charge < -0.3 is 0 Å². The Morgan fingerprint density at radius 2 is 1.35 bits per heavy atom. The molecule has 1 aliphatic rings. The third kappa shape index (κ3) is 1.03. The van der Waals surface area contributed by atoms with E-state index in [0.29, 0.717) is 0 Å². The van der Waals surface area contributed by atoms with Crippen molar-refractivity contribution in [3.05, 3.63) is 0 Å². The van der Waals surface area contributed by atoms with Crippen molar-refractivity contribution >= 4 is 0 Å². The molecule has 0 aromatic carbocycles. The van der Waals surface area contributed by atoms with Crippen LogP contribution in [0.2, 0.25) is 0 Å². The molecule has 0 amide bonds. The maximum atomic E-state index is 9.27. The highest BCUT2D eigenvalue weighted by molar-refractivity contribution is 5.44. The van der Waals surface area contributed by atoms with Crippen LogP contribution in [0, 0.1) is 78.8 Å². The molecule has 0 bridgehead atoms. The van der Waals surface area contributed by atoms with Gasteiger partial charge in [0.15, 0.2) is 10.8 Å². The van der Waals surface area contributed by atoms with Crippen molar-refractivity contribution in [3.63, 3.8) is 0 Å². The minimum atomic E-state index is -1.91. The van der Waals surface area contributed by atoms with Gasteiger partial charge in [-0.05, 0) is 19.3 Å². The van der Waals surface area contributed by atoms with Crippen molar-refractivity contribution in [3.8, 4) is 30.3 Å². The molecule has 82 valence electrons. The first-order chi connectivity index (χ1) is 7.93. The van der Waals surface area contributed by atoms with Crippen LogP contribution < -0.4 is 0 Å². The summed E-state index contributed by atoms with van der Waals surface area (Å²) in [5.41, 5.74) is -4.96. The topological polar surface area (TPSA) is 119 Å². The van der Waals surface area contributed by atoms with Gasteiger partial charge in [0.1, 0.15) is 0 Å². The fourth-order valence-corrected chi connectivity index (χ4v) is 2.56. The van der Waals surface area contributed by atoms with Crippen molar-refractivity contribution in [2.24, 2.45) is 22.2 Å². The van der Waals surface area contributed by atoms with Gasteiger partial charge in [-0.25, -0.2) is 0 Å². The van der Waals surface area contributed by atoms with E-state index < -0.39 is 16.2 Å². The Morgan fingerprint density at radius 1 is 0.882 bits per heavy atom. The van der Waals surface area contributed by atoms with Crippen LogP contribution in [-0.2, 0) is 0 Å². The van der Waals surface area contributed by atoms with Gasteiger partial charge in [0, 0.05) is 0 Å². The Labute approximate surface area is 99.7 Å². The van der Waals surface area contributed by atoms with Gasteiger partial charge in [-0.1, -0.05) is 6.92 Å². The molecular weight excluding hydrogens is 214 g/mol. The molecule has 2 unspecified atom stereocenters. The van der Waals surface area contributed by atoms with E-state index in [0.717, 1.165) is 0 Å². The maximum absolute atomic E-state index is 9.27. The molecule has 1 rings (SSSR count). The summed E-state index contributed by atoms with van der Waals surface area (Å²) in [6, 6.07) is 9.05. The summed E-state index contributed by atoms with van der Waals surface area (Å²) in [5, 5.41) is 46.1. The molecule has 0 aliphatic heterocycles. The fraction of sp³-hybridized carbons (Fsp3) is 0.583. The van der Waals surface area contributed by atoms with Gasteiger partial charge in [0.25, 0.3) is 0 Å². The Bertz CT molecular complexity index is 528. The summed E-state index contributed by atoms with van der Waals surface area (Å²) in [6.45, 7) is 3.16. The predicted molar refractivity (Wildman–Crippen MR) is 54.8 cm³/mol. The Balaban J connectivity index is 3.75. The molecule has 1 fully saturated rings. The molecule has 0 spiro atoms. The highest BCUT2D eigenvalue weighted by Gasteiger charge is 2.72. The predicted octanol–water partition coefficient (Wildman–Crippen LogP) is 1.62. The van der Waals surface area contributed by atoms with E-state index in [1.807, 2.05) is 6.07 Å². The van der Waals surface area contributed by atoms with Gasteiger partial charge >= 0.3 is 0 Å². The van der Waals surface area contributed by atoms with Crippen LogP contribution in [0.5, 0.6) is 0 Å². The highest BCUT2D eigenvalue weighted by Crippen LogP contribution is 2.64. The Morgan fingerprint density at radius 3 is 1.65 bits per heavy atom. The molecule has 0 N–H and O–H groups in total. The third-order valence-electron chi connectivity index (χ3n) is 3.97. The normalized spacial score (nSPS) is 32.2. The second-order valence-corrected chi connectivity index (χ2v) is 4.52. The lowest BCUT2D eigenvalue weighted by Crippen LogP contribution is -2.43. The van der Waals surface area contributed by atoms with E-state index in [2.05, 4.69) is 0 Å². The molecular formula is C12H9N5. The fourth-order valence-electron chi connectivity index (χ4n) is 2.56. The van der Waals surface area contributed by atoms with Crippen molar-refractivity contribution in [2.75, 3.05) is 0 Å². The van der Waals surface area contributed by atoms with E-state index >= 15 is 0 Å². The minimum Gasteiger partial charge on any atom is -0.198 e. The lowest BCUT2D eigenvalue weighted by molar-refractivity contribution is 0.203. The van der Waals surface area contributed by atoms with Crippen LogP contribution in [0.4, 0.5) is 0 Å². The second kappa shape index (κ2) is 3.49. The van der Waals surface area contributed by atoms with Crippen LogP contribution in [0.1, 0.15) is 20.3 Å². The highest BCUT2D eigenvalue weighted by atomic mass is 14.7. The summed E-state index contributed by atoms with van der Waals surface area (Å²) in [5.74, 6) is -0.369. The lowest BCUT2D eigenvalue weighted by Gasteiger charge is -2.32. The standard InChI is InChI=1S/C12H9N5/c1-9-3-11(5-14,6-15)12(7-16,8-17)10(9,2)4-13/h9H,3H2,1-2H3. The molecule has 5 heteroatoms. The Kier molecular flexibility index (Phi) is 2.57. The first-order valence-electron chi connectivity index (χ1n) is 5.00. The van der Waals surface area contributed by atoms with E-state index in [1.54, 1.807) is 31.2 Å². The average Bonchev–Trinajstić information content (AvgIpc) is 2.56. The second-order valence-electron chi connectivity index (χ2n) is 4.52. The lowest BCUT2D eigenvalue weighted by atomic mass is 9.58. The van der Waals surface area contributed by atoms with E-state index in [9.17, 15) is 26.3 Å². The summed E-state index contributed by atoms with van der Waals surface area (Å²) >= 11 is 0. The van der Waals surface area contributed by atoms with Crippen LogP contribution in [0.25, 0.3) is 0 Å². The zero-order valence-electron chi connectivity index (χ0n) is 9.52. The first kappa shape index (κ1) is 12.5. The van der Waals surface area contributed by atoms with Crippen LogP contribution in [0.3, 0.4) is 0 Å². The van der Waals surface area contributed by atoms with Gasteiger partial charge in [-0.2, -0.15) is 26.3 Å². The summed E-state index contributed by atoms with van der Waals surface area (Å²) in [7, 11) is 0. The summed E-state index contributed by atoms with van der Waals surface area (Å²) in [6.07, 6.45) is 0.0607. The molecule has 0 saturated heterocycles. The van der Waals surface area contributed by atoms with Gasteiger partial charge in [-0.15, -0.1) is 0 Å². The zero-order valence-corrected chi connectivity index (χ0v) is 9.52. The van der Waals surface area contributed by atoms with Gasteiger partial charge in [-0.3, -0.25) is 0 Å². The number of hydrogen-bond acceptors (Lipinski definition) is 5. The molecule has 5 nitrogen and oxygen atoms in total. The van der Waals surface area contributed by atoms with Crippen LogP contribution in [0.15, 0.2) is 0 Å². The molecule has 0 radical (unpaired) electrons. The van der Waals surface area contributed by atoms with Crippen LogP contribution >= 0.6 is 0 Å². The summed E-state index contributed by atoms with van der Waals surface area (Å²) in [4.78, 5) is 0. The number of hydrogen-bond donors (Lipinski definition) is 0. The molecule has 0 aromatic rings. The van der Waals surface area contributed by atoms with Gasteiger partial charge in [0.05, 0.1) is 35.8 Å². The summed E-state index contributed by atoms with van der Waals surface area (Å²) < 4.78 is 0. The average molecular weight is 223 g/mol. The molecule has 1 saturated carbocycles. The Hall–Kier alpha value is -2.55. The van der Waals surface area contributed by atoms with Crippen molar-refractivity contribution < 1.29 is 0 Å². The number of nitrogens with zero attached hydrogens (tertiary/aromatic N) is 5. The first-order valence-corrected chi connectivity index (χ1v) is 5.00. The molecule has 0 aromatic heterocycles. The van der Waals surface area contributed by atoms with E-state index in [-0.39, 0.29) is 12.3 Å². The smallest absolute Gasteiger partial charge is 0.193 e. The monoisotopic (exact) mass is 223 g/mol. The van der Waals surface area contributed by atoms with Crippen LogP contribution in [-0.4, -0.2) is 0 Å². The van der Waals surface area contributed by atoms with E-state index in [4.69, 9.17) is 0 Å². The molecule has 2 atom stereocenters. The SMILES string of the molecule is CC1CC(C#N)(C#N)C(C#N)(C#N)C1(C)C#N. The maximum Gasteiger partial charge on any atom is 0.193 e. The zero-order chi connectivity index (χ0) is 13.3. The quantitative estimate of drug-likeness (QED) is 0.618. The third-order valence-corrected chi connectivity index (χ3v) is 3.97. The van der Waals surface area contributed by atoms with Crippen molar-refractivity contribution in [2.45, 2.75) is 20.3 Å². The van der Waals surface area contributed by atoms with Gasteiger partial charge in [0.2, 0.25) is 0 Å².